The summed E-state index contributed by atoms with van der Waals surface area (Å²) in [6.45, 7) is 1.96. The Labute approximate surface area is 117 Å². The van der Waals surface area contributed by atoms with Crippen LogP contribution in [0.3, 0.4) is 0 Å². The molecule has 2 rings (SSSR count). The Morgan fingerprint density at radius 3 is 3.06 bits per heavy atom. The van der Waals surface area contributed by atoms with E-state index in [0.717, 1.165) is 28.9 Å². The zero-order valence-corrected chi connectivity index (χ0v) is 12.4. The highest BCUT2D eigenvalue weighted by Crippen LogP contribution is 2.30. The van der Waals surface area contributed by atoms with E-state index in [1.807, 2.05) is 18.2 Å². The first-order valence-electron chi connectivity index (χ1n) is 6.55. The molecular formula is C14H21BrN2O. The van der Waals surface area contributed by atoms with E-state index in [-0.39, 0.29) is 0 Å². The van der Waals surface area contributed by atoms with Gasteiger partial charge in [0, 0.05) is 11.7 Å². The fourth-order valence-corrected chi connectivity index (χ4v) is 2.83. The summed E-state index contributed by atoms with van der Waals surface area (Å²) in [5, 5.41) is 0. The number of hydrogen-bond acceptors (Lipinski definition) is 3. The maximum absolute atomic E-state index is 5.82. The van der Waals surface area contributed by atoms with Gasteiger partial charge < -0.3 is 15.4 Å². The molecule has 1 heterocycles. The summed E-state index contributed by atoms with van der Waals surface area (Å²) in [5.41, 5.74) is 6.55. The number of anilines is 1. The summed E-state index contributed by atoms with van der Waals surface area (Å²) >= 11 is 3.46. The van der Waals surface area contributed by atoms with Gasteiger partial charge in [-0.1, -0.05) is 12.5 Å². The minimum absolute atomic E-state index is 0.665. The maximum atomic E-state index is 5.82. The van der Waals surface area contributed by atoms with Crippen LogP contribution in [-0.4, -0.2) is 31.1 Å². The Morgan fingerprint density at radius 1 is 1.44 bits per heavy atom. The minimum atomic E-state index is 0.665. The second-order valence-electron chi connectivity index (χ2n) is 4.93. The predicted molar refractivity (Wildman–Crippen MR) is 78.9 cm³/mol. The third-order valence-electron chi connectivity index (χ3n) is 3.62. The van der Waals surface area contributed by atoms with E-state index in [4.69, 9.17) is 10.5 Å². The number of nitrogens with zero attached hydrogens (tertiary/aromatic N) is 1. The molecular weight excluding hydrogens is 292 g/mol. The van der Waals surface area contributed by atoms with Crippen LogP contribution < -0.4 is 10.5 Å². The molecule has 0 spiro atoms. The van der Waals surface area contributed by atoms with Crippen LogP contribution in [0, 0.1) is 0 Å². The van der Waals surface area contributed by atoms with Gasteiger partial charge in [0.25, 0.3) is 0 Å². The summed E-state index contributed by atoms with van der Waals surface area (Å²) in [6, 6.07) is 6.40. The highest BCUT2D eigenvalue weighted by atomic mass is 79.9. The molecule has 1 aromatic carbocycles. The van der Waals surface area contributed by atoms with E-state index in [1.54, 1.807) is 0 Å². The highest BCUT2D eigenvalue weighted by Gasteiger charge is 2.18. The van der Waals surface area contributed by atoms with Crippen molar-refractivity contribution in [3.63, 3.8) is 0 Å². The third kappa shape index (κ3) is 3.39. The number of likely N-dealkylation sites (tertiary alicyclic amines) is 1. The lowest BCUT2D eigenvalue weighted by atomic mass is 10.0. The van der Waals surface area contributed by atoms with E-state index in [2.05, 4.69) is 27.9 Å². The average Bonchev–Trinajstić information content (AvgIpc) is 2.37. The number of hydrogen-bond donors (Lipinski definition) is 1. The van der Waals surface area contributed by atoms with Crippen molar-refractivity contribution in [3.05, 3.63) is 22.7 Å². The molecule has 1 fully saturated rings. The van der Waals surface area contributed by atoms with Crippen molar-refractivity contribution in [2.75, 3.05) is 25.9 Å². The predicted octanol–water partition coefficient (Wildman–Crippen LogP) is 3.28. The summed E-state index contributed by atoms with van der Waals surface area (Å²) in [7, 11) is 2.21. The molecule has 100 valence electrons. The van der Waals surface area contributed by atoms with Gasteiger partial charge in [-0.25, -0.2) is 0 Å². The first-order chi connectivity index (χ1) is 8.68. The SMILES string of the molecule is CN1CCCCC1CCOc1cccc(N)c1Br. The van der Waals surface area contributed by atoms with E-state index in [1.165, 1.54) is 25.8 Å². The molecule has 1 aromatic rings. The van der Waals surface area contributed by atoms with Crippen LogP contribution in [-0.2, 0) is 0 Å². The molecule has 4 heteroatoms. The largest absolute Gasteiger partial charge is 0.492 e. The lowest BCUT2D eigenvalue weighted by molar-refractivity contribution is 0.153. The summed E-state index contributed by atoms with van der Waals surface area (Å²) in [4.78, 5) is 2.45. The second-order valence-corrected chi connectivity index (χ2v) is 5.72. The molecule has 0 aliphatic carbocycles. The molecule has 2 N–H and O–H groups in total. The van der Waals surface area contributed by atoms with Gasteiger partial charge >= 0.3 is 0 Å². The van der Waals surface area contributed by atoms with Crippen LogP contribution >= 0.6 is 15.9 Å². The fourth-order valence-electron chi connectivity index (χ4n) is 2.45. The van der Waals surface area contributed by atoms with Gasteiger partial charge in [0.05, 0.1) is 11.1 Å². The van der Waals surface area contributed by atoms with E-state index in [9.17, 15) is 0 Å². The minimum Gasteiger partial charge on any atom is -0.492 e. The van der Waals surface area contributed by atoms with Crippen molar-refractivity contribution in [2.24, 2.45) is 0 Å². The molecule has 0 aromatic heterocycles. The number of benzene rings is 1. The molecule has 0 radical (unpaired) electrons. The van der Waals surface area contributed by atoms with Crippen molar-refractivity contribution in [2.45, 2.75) is 31.7 Å². The standard InChI is InChI=1S/C14H21BrN2O/c1-17-9-3-2-5-11(17)8-10-18-13-7-4-6-12(16)14(13)15/h4,6-7,11H,2-3,5,8-10,16H2,1H3. The number of nitrogen functional groups attached to an aromatic ring is 1. The molecule has 3 nitrogen and oxygen atoms in total. The molecule has 1 aliphatic rings. The van der Waals surface area contributed by atoms with E-state index in [0.29, 0.717) is 6.04 Å². The van der Waals surface area contributed by atoms with Crippen LogP contribution in [0.15, 0.2) is 22.7 Å². The van der Waals surface area contributed by atoms with E-state index >= 15 is 0 Å². The topological polar surface area (TPSA) is 38.5 Å². The molecule has 1 saturated heterocycles. The second kappa shape index (κ2) is 6.43. The quantitative estimate of drug-likeness (QED) is 0.867. The van der Waals surface area contributed by atoms with Crippen molar-refractivity contribution < 1.29 is 4.74 Å². The first kappa shape index (κ1) is 13.7. The number of ether oxygens (including phenoxy) is 1. The number of rotatable bonds is 4. The van der Waals surface area contributed by atoms with Crippen molar-refractivity contribution in [1.29, 1.82) is 0 Å². The van der Waals surface area contributed by atoms with Gasteiger partial charge in [-0.05, 0) is 60.9 Å². The van der Waals surface area contributed by atoms with Gasteiger partial charge in [0.2, 0.25) is 0 Å². The highest BCUT2D eigenvalue weighted by molar-refractivity contribution is 9.10. The Hall–Kier alpha value is -0.740. The van der Waals surface area contributed by atoms with Crippen LogP contribution in [0.5, 0.6) is 5.75 Å². The number of nitrogens with two attached hydrogens (primary N) is 1. The van der Waals surface area contributed by atoms with Gasteiger partial charge in [-0.2, -0.15) is 0 Å². The smallest absolute Gasteiger partial charge is 0.135 e. The third-order valence-corrected chi connectivity index (χ3v) is 4.47. The average molecular weight is 313 g/mol. The van der Waals surface area contributed by atoms with Crippen molar-refractivity contribution in [1.82, 2.24) is 4.90 Å². The molecule has 1 aliphatic heterocycles. The van der Waals surface area contributed by atoms with Crippen LogP contribution in [0.25, 0.3) is 0 Å². The monoisotopic (exact) mass is 312 g/mol. The molecule has 0 amide bonds. The van der Waals surface area contributed by atoms with Gasteiger partial charge in [0.15, 0.2) is 0 Å². The normalized spacial score (nSPS) is 20.9. The zero-order valence-electron chi connectivity index (χ0n) is 10.9. The molecule has 0 bridgehead atoms. The van der Waals surface area contributed by atoms with Crippen molar-refractivity contribution in [3.8, 4) is 5.75 Å². The summed E-state index contributed by atoms with van der Waals surface area (Å²) in [6.07, 6.45) is 5.04. The summed E-state index contributed by atoms with van der Waals surface area (Å²) < 4.78 is 6.68. The van der Waals surface area contributed by atoms with E-state index < -0.39 is 0 Å². The lowest BCUT2D eigenvalue weighted by Gasteiger charge is -2.32. The van der Waals surface area contributed by atoms with Gasteiger partial charge in [0.1, 0.15) is 5.75 Å². The van der Waals surface area contributed by atoms with Crippen LogP contribution in [0.1, 0.15) is 25.7 Å². The van der Waals surface area contributed by atoms with Crippen LogP contribution in [0.2, 0.25) is 0 Å². The fraction of sp³-hybridized carbons (Fsp3) is 0.571. The summed E-state index contributed by atoms with van der Waals surface area (Å²) in [5.74, 6) is 0.841. The first-order valence-corrected chi connectivity index (χ1v) is 7.35. The van der Waals surface area contributed by atoms with Crippen molar-refractivity contribution >= 4 is 21.6 Å². The van der Waals surface area contributed by atoms with Gasteiger partial charge in [-0.15, -0.1) is 0 Å². The Kier molecular flexibility index (Phi) is 4.89. The Bertz CT molecular complexity index is 397. The Balaban J connectivity index is 1.83. The lowest BCUT2D eigenvalue weighted by Crippen LogP contribution is -2.37. The number of halogens is 1. The zero-order chi connectivity index (χ0) is 13.0. The maximum Gasteiger partial charge on any atom is 0.135 e. The number of piperidine rings is 1. The molecule has 18 heavy (non-hydrogen) atoms. The Morgan fingerprint density at radius 2 is 2.28 bits per heavy atom. The van der Waals surface area contributed by atoms with Crippen LogP contribution in [0.4, 0.5) is 5.69 Å². The molecule has 0 saturated carbocycles. The molecule has 1 atom stereocenters. The van der Waals surface area contributed by atoms with Gasteiger partial charge in [-0.3, -0.25) is 0 Å². The molecule has 1 unspecified atom stereocenters.